The minimum absolute atomic E-state index is 0.0256. The van der Waals surface area contributed by atoms with Gasteiger partial charge in [0, 0.05) is 19.4 Å². The summed E-state index contributed by atoms with van der Waals surface area (Å²) in [7, 11) is 1.79. The zero-order valence-electron chi connectivity index (χ0n) is 12.4. The lowest BCUT2D eigenvalue weighted by Crippen LogP contribution is -2.44. The van der Waals surface area contributed by atoms with E-state index in [-0.39, 0.29) is 11.9 Å². The highest BCUT2D eigenvalue weighted by Gasteiger charge is 2.23. The summed E-state index contributed by atoms with van der Waals surface area (Å²) in [5, 5.41) is 0. The maximum absolute atomic E-state index is 12.4. The normalized spacial score (nSPS) is 13.5. The summed E-state index contributed by atoms with van der Waals surface area (Å²) in [4.78, 5) is 18.1. The first-order chi connectivity index (χ1) is 10.1. The predicted octanol–water partition coefficient (Wildman–Crippen LogP) is 2.17. The number of amides is 1. The first kappa shape index (κ1) is 15.2. The first-order valence-electron chi connectivity index (χ1n) is 7.05. The van der Waals surface area contributed by atoms with Gasteiger partial charge in [0.2, 0.25) is 5.91 Å². The Labute approximate surface area is 125 Å². The van der Waals surface area contributed by atoms with Crippen LogP contribution in [0.15, 0.2) is 54.9 Å². The molecule has 0 spiro atoms. The predicted molar refractivity (Wildman–Crippen MR) is 83.5 cm³/mol. The van der Waals surface area contributed by atoms with Crippen molar-refractivity contribution in [1.82, 2.24) is 9.88 Å². The number of rotatable bonds is 5. The van der Waals surface area contributed by atoms with Gasteiger partial charge in [-0.15, -0.1) is 0 Å². The number of benzene rings is 1. The summed E-state index contributed by atoms with van der Waals surface area (Å²) in [6.07, 6.45) is 4.01. The number of carbonyl (C=O) groups is 1. The van der Waals surface area contributed by atoms with Gasteiger partial charge >= 0.3 is 0 Å². The molecule has 0 aliphatic rings. The molecule has 0 saturated heterocycles. The average Bonchev–Trinajstić information content (AvgIpc) is 2.54. The fourth-order valence-electron chi connectivity index (χ4n) is 2.27. The van der Waals surface area contributed by atoms with E-state index in [1.807, 2.05) is 49.4 Å². The maximum atomic E-state index is 12.4. The number of aromatic nitrogens is 1. The third-order valence-electron chi connectivity index (χ3n) is 3.73. The van der Waals surface area contributed by atoms with Gasteiger partial charge in [0.1, 0.15) is 0 Å². The van der Waals surface area contributed by atoms with Crippen molar-refractivity contribution in [2.45, 2.75) is 25.4 Å². The van der Waals surface area contributed by atoms with Crippen LogP contribution in [0.25, 0.3) is 0 Å². The minimum Gasteiger partial charge on any atom is -0.338 e. The number of pyridine rings is 1. The van der Waals surface area contributed by atoms with Gasteiger partial charge < -0.3 is 10.6 Å². The lowest BCUT2D eigenvalue weighted by molar-refractivity contribution is -0.133. The Morgan fingerprint density at radius 1 is 1.19 bits per heavy atom. The Morgan fingerprint density at radius 3 is 2.43 bits per heavy atom. The number of nitrogens with two attached hydrogens (primary N) is 1. The van der Waals surface area contributed by atoms with Crippen LogP contribution in [0.5, 0.6) is 0 Å². The maximum Gasteiger partial charge on any atom is 0.240 e. The van der Waals surface area contributed by atoms with E-state index < -0.39 is 6.04 Å². The molecule has 2 N–H and O–H groups in total. The van der Waals surface area contributed by atoms with Crippen molar-refractivity contribution in [2.75, 3.05) is 7.05 Å². The average molecular weight is 283 g/mol. The van der Waals surface area contributed by atoms with Gasteiger partial charge in [-0.1, -0.05) is 30.3 Å². The highest BCUT2D eigenvalue weighted by atomic mass is 16.2. The minimum atomic E-state index is -0.526. The van der Waals surface area contributed by atoms with Crippen molar-refractivity contribution < 1.29 is 4.79 Å². The molecular weight excluding hydrogens is 262 g/mol. The van der Waals surface area contributed by atoms with E-state index in [2.05, 4.69) is 4.98 Å². The van der Waals surface area contributed by atoms with Crippen molar-refractivity contribution in [3.63, 3.8) is 0 Å². The van der Waals surface area contributed by atoms with Gasteiger partial charge in [-0.3, -0.25) is 9.78 Å². The van der Waals surface area contributed by atoms with Crippen LogP contribution in [-0.4, -0.2) is 28.9 Å². The van der Waals surface area contributed by atoms with Gasteiger partial charge in [0.15, 0.2) is 0 Å². The quantitative estimate of drug-likeness (QED) is 0.915. The van der Waals surface area contributed by atoms with Crippen molar-refractivity contribution in [2.24, 2.45) is 5.73 Å². The number of carbonyl (C=O) groups excluding carboxylic acids is 1. The van der Waals surface area contributed by atoms with Gasteiger partial charge in [-0.2, -0.15) is 0 Å². The summed E-state index contributed by atoms with van der Waals surface area (Å²) in [6.45, 7) is 1.99. The molecule has 0 aliphatic heterocycles. The van der Waals surface area contributed by atoms with Crippen LogP contribution in [0.4, 0.5) is 0 Å². The molecule has 2 aromatic rings. The molecule has 1 aromatic heterocycles. The van der Waals surface area contributed by atoms with Crippen LogP contribution in [0.2, 0.25) is 0 Å². The van der Waals surface area contributed by atoms with Crippen molar-refractivity contribution in [3.05, 3.63) is 66.0 Å². The van der Waals surface area contributed by atoms with Gasteiger partial charge in [-0.05, 0) is 36.6 Å². The lowest BCUT2D eigenvalue weighted by atomic mass is 10.0. The zero-order chi connectivity index (χ0) is 15.2. The number of hydrogen-bond acceptors (Lipinski definition) is 3. The second kappa shape index (κ2) is 6.99. The van der Waals surface area contributed by atoms with Gasteiger partial charge in [0.25, 0.3) is 0 Å². The Morgan fingerprint density at radius 2 is 1.81 bits per heavy atom. The largest absolute Gasteiger partial charge is 0.338 e. The molecule has 0 aliphatic carbocycles. The molecule has 2 atom stereocenters. The monoisotopic (exact) mass is 283 g/mol. The highest BCUT2D eigenvalue weighted by molar-refractivity contribution is 5.82. The molecule has 1 amide bonds. The molecule has 21 heavy (non-hydrogen) atoms. The van der Waals surface area contributed by atoms with Crippen LogP contribution in [0.3, 0.4) is 0 Å². The van der Waals surface area contributed by atoms with Crippen molar-refractivity contribution in [3.8, 4) is 0 Å². The molecule has 110 valence electrons. The van der Waals surface area contributed by atoms with E-state index >= 15 is 0 Å². The first-order valence-corrected chi connectivity index (χ1v) is 7.05. The van der Waals surface area contributed by atoms with Crippen molar-refractivity contribution >= 4 is 5.91 Å². The summed E-state index contributed by atoms with van der Waals surface area (Å²) < 4.78 is 0. The molecule has 4 heteroatoms. The van der Waals surface area contributed by atoms with E-state index in [4.69, 9.17) is 5.73 Å². The SMILES string of the molecule is CC(c1ccncc1)N(C)C(=O)C(N)Cc1ccccc1. The van der Waals surface area contributed by atoms with Crippen LogP contribution >= 0.6 is 0 Å². The lowest BCUT2D eigenvalue weighted by Gasteiger charge is -2.28. The Balaban J connectivity index is 2.01. The van der Waals surface area contributed by atoms with Crippen molar-refractivity contribution in [1.29, 1.82) is 0 Å². The number of hydrogen-bond donors (Lipinski definition) is 1. The van der Waals surface area contributed by atoms with E-state index in [1.165, 1.54) is 0 Å². The van der Waals surface area contributed by atoms with E-state index in [0.29, 0.717) is 6.42 Å². The fraction of sp³-hybridized carbons (Fsp3) is 0.294. The summed E-state index contributed by atoms with van der Waals surface area (Å²) in [5.74, 6) is -0.0526. The molecule has 2 rings (SSSR count). The molecule has 4 nitrogen and oxygen atoms in total. The summed E-state index contributed by atoms with van der Waals surface area (Å²) in [5.41, 5.74) is 8.18. The molecule has 0 saturated carbocycles. The third kappa shape index (κ3) is 3.89. The topological polar surface area (TPSA) is 59.2 Å². The van der Waals surface area contributed by atoms with Crippen LogP contribution < -0.4 is 5.73 Å². The van der Waals surface area contributed by atoms with E-state index in [0.717, 1.165) is 11.1 Å². The number of nitrogens with zero attached hydrogens (tertiary/aromatic N) is 2. The summed E-state index contributed by atoms with van der Waals surface area (Å²) in [6, 6.07) is 13.1. The fourth-order valence-corrected chi connectivity index (χ4v) is 2.27. The number of likely N-dealkylation sites (N-methyl/N-ethyl adjacent to an activating group) is 1. The van der Waals surface area contributed by atoms with Crippen LogP contribution in [0, 0.1) is 0 Å². The smallest absolute Gasteiger partial charge is 0.240 e. The van der Waals surface area contributed by atoms with E-state index in [1.54, 1.807) is 24.3 Å². The molecule has 1 heterocycles. The molecule has 0 bridgehead atoms. The Hall–Kier alpha value is -2.20. The molecule has 0 fully saturated rings. The summed E-state index contributed by atoms with van der Waals surface area (Å²) >= 11 is 0. The zero-order valence-corrected chi connectivity index (χ0v) is 12.4. The molecule has 0 radical (unpaired) electrons. The second-order valence-electron chi connectivity index (χ2n) is 5.20. The standard InChI is InChI=1S/C17H21N3O/c1-13(15-8-10-19-11-9-15)20(2)17(21)16(18)12-14-6-4-3-5-7-14/h3-11,13,16H,12,18H2,1-2H3. The van der Waals surface area contributed by atoms with Crippen LogP contribution in [-0.2, 0) is 11.2 Å². The van der Waals surface area contributed by atoms with E-state index in [9.17, 15) is 4.79 Å². The Bertz CT molecular complexity index is 571. The van der Waals surface area contributed by atoms with Crippen LogP contribution in [0.1, 0.15) is 24.1 Å². The molecule has 2 unspecified atom stereocenters. The molecular formula is C17H21N3O. The van der Waals surface area contributed by atoms with Gasteiger partial charge in [-0.25, -0.2) is 0 Å². The van der Waals surface area contributed by atoms with Gasteiger partial charge in [0.05, 0.1) is 12.1 Å². The second-order valence-corrected chi connectivity index (χ2v) is 5.20. The third-order valence-corrected chi connectivity index (χ3v) is 3.73. The highest BCUT2D eigenvalue weighted by Crippen LogP contribution is 2.18. The Kier molecular flexibility index (Phi) is 5.06. The molecule has 1 aromatic carbocycles.